The van der Waals surface area contributed by atoms with Crippen molar-refractivity contribution in [3.8, 4) is 11.5 Å². The molecule has 7 nitrogen and oxygen atoms in total. The fraction of sp³-hybridized carbons (Fsp3) is 0.278. The smallest absolute Gasteiger partial charge is 0.348 e. The van der Waals surface area contributed by atoms with Gasteiger partial charge >= 0.3 is 5.97 Å². The van der Waals surface area contributed by atoms with Crippen LogP contribution in [0.5, 0.6) is 11.5 Å². The lowest BCUT2D eigenvalue weighted by molar-refractivity contribution is 0.0605. The lowest BCUT2D eigenvalue weighted by atomic mass is 10.2. The Balaban J connectivity index is 1.66. The molecule has 8 heteroatoms. The Kier molecular flexibility index (Phi) is 5.52. The molecule has 1 N–H and O–H groups in total. The molecule has 26 heavy (non-hydrogen) atoms. The first-order valence-electron chi connectivity index (χ1n) is 7.97. The SMILES string of the molecule is COC(=O)c1sc2ncnc(NCCOc3ccc(OC)cc3)c2c1C. The molecule has 0 spiro atoms. The molecule has 2 heterocycles. The van der Waals surface area contributed by atoms with E-state index < -0.39 is 0 Å². The fourth-order valence-corrected chi connectivity index (χ4v) is 3.57. The molecule has 3 aromatic rings. The second-order valence-corrected chi connectivity index (χ2v) is 6.40. The van der Waals surface area contributed by atoms with Crippen molar-refractivity contribution in [3.63, 3.8) is 0 Å². The number of hydrogen-bond acceptors (Lipinski definition) is 8. The largest absolute Gasteiger partial charge is 0.497 e. The maximum Gasteiger partial charge on any atom is 0.348 e. The van der Waals surface area contributed by atoms with Crippen LogP contribution < -0.4 is 14.8 Å². The highest BCUT2D eigenvalue weighted by Gasteiger charge is 2.19. The summed E-state index contributed by atoms with van der Waals surface area (Å²) < 4.78 is 15.6. The van der Waals surface area contributed by atoms with Crippen LogP contribution in [0.15, 0.2) is 30.6 Å². The number of nitrogens with one attached hydrogen (secondary N) is 1. The van der Waals surface area contributed by atoms with Gasteiger partial charge in [0.15, 0.2) is 0 Å². The lowest BCUT2D eigenvalue weighted by Gasteiger charge is -2.09. The number of esters is 1. The number of aromatic nitrogens is 2. The predicted octanol–water partition coefficient (Wildman–Crippen LogP) is 3.29. The van der Waals surface area contributed by atoms with Crippen molar-refractivity contribution in [1.29, 1.82) is 0 Å². The normalized spacial score (nSPS) is 10.6. The molecule has 0 atom stereocenters. The van der Waals surface area contributed by atoms with E-state index in [2.05, 4.69) is 15.3 Å². The zero-order valence-electron chi connectivity index (χ0n) is 14.7. The first kappa shape index (κ1) is 17.9. The number of carbonyl (C=O) groups excluding carboxylic acids is 1. The van der Waals surface area contributed by atoms with Gasteiger partial charge in [-0.3, -0.25) is 0 Å². The summed E-state index contributed by atoms with van der Waals surface area (Å²) in [7, 11) is 2.99. The number of thiophene rings is 1. The highest BCUT2D eigenvalue weighted by molar-refractivity contribution is 7.20. The average molecular weight is 373 g/mol. The van der Waals surface area contributed by atoms with Crippen molar-refractivity contribution in [2.75, 3.05) is 32.7 Å². The van der Waals surface area contributed by atoms with Crippen molar-refractivity contribution < 1.29 is 19.0 Å². The van der Waals surface area contributed by atoms with Crippen LogP contribution in [0.25, 0.3) is 10.2 Å². The van der Waals surface area contributed by atoms with Crippen molar-refractivity contribution >= 4 is 33.3 Å². The summed E-state index contributed by atoms with van der Waals surface area (Å²) >= 11 is 1.30. The van der Waals surface area contributed by atoms with Crippen LogP contribution in [-0.2, 0) is 4.74 Å². The summed E-state index contributed by atoms with van der Waals surface area (Å²) in [6.45, 7) is 2.89. The number of fused-ring (bicyclic) bond motifs is 1. The number of carbonyl (C=O) groups is 1. The monoisotopic (exact) mass is 373 g/mol. The van der Waals surface area contributed by atoms with Crippen molar-refractivity contribution in [2.45, 2.75) is 6.92 Å². The van der Waals surface area contributed by atoms with E-state index >= 15 is 0 Å². The minimum Gasteiger partial charge on any atom is -0.497 e. The van der Waals surface area contributed by atoms with Crippen molar-refractivity contribution in [3.05, 3.63) is 41.0 Å². The van der Waals surface area contributed by atoms with Crippen LogP contribution in [0.2, 0.25) is 0 Å². The van der Waals surface area contributed by atoms with Gasteiger partial charge in [0.25, 0.3) is 0 Å². The van der Waals surface area contributed by atoms with Crippen LogP contribution in [0.1, 0.15) is 15.2 Å². The van der Waals surface area contributed by atoms with E-state index in [1.54, 1.807) is 7.11 Å². The maximum atomic E-state index is 11.9. The molecule has 3 rings (SSSR count). The van der Waals surface area contributed by atoms with E-state index in [0.717, 1.165) is 27.3 Å². The van der Waals surface area contributed by atoms with Crippen LogP contribution in [0.4, 0.5) is 5.82 Å². The lowest BCUT2D eigenvalue weighted by Crippen LogP contribution is -2.12. The molecular weight excluding hydrogens is 354 g/mol. The zero-order valence-corrected chi connectivity index (χ0v) is 15.6. The molecule has 0 saturated carbocycles. The molecule has 0 aliphatic heterocycles. The Labute approximate surface area is 154 Å². The molecule has 2 aromatic heterocycles. The van der Waals surface area contributed by atoms with Gasteiger partial charge in [0, 0.05) is 0 Å². The minimum atomic E-state index is -0.362. The molecular formula is C18H19N3O4S. The molecule has 1 aromatic carbocycles. The topological polar surface area (TPSA) is 82.6 Å². The number of hydrogen-bond donors (Lipinski definition) is 1. The second kappa shape index (κ2) is 8.01. The summed E-state index contributed by atoms with van der Waals surface area (Å²) in [5, 5.41) is 4.08. The molecule has 0 saturated heterocycles. The van der Waals surface area contributed by atoms with Crippen LogP contribution >= 0.6 is 11.3 Å². The molecule has 0 radical (unpaired) electrons. The summed E-state index contributed by atoms with van der Waals surface area (Å²) in [4.78, 5) is 21.7. The van der Waals surface area contributed by atoms with Gasteiger partial charge in [0.2, 0.25) is 0 Å². The summed E-state index contributed by atoms with van der Waals surface area (Å²) in [6, 6.07) is 7.40. The molecule has 0 aliphatic rings. The van der Waals surface area contributed by atoms with Gasteiger partial charge in [0.1, 0.15) is 40.0 Å². The summed E-state index contributed by atoms with van der Waals surface area (Å²) in [5.74, 6) is 1.87. The molecule has 136 valence electrons. The van der Waals surface area contributed by atoms with Crippen LogP contribution in [-0.4, -0.2) is 43.3 Å². The second-order valence-electron chi connectivity index (χ2n) is 5.40. The molecule has 0 aliphatic carbocycles. The predicted molar refractivity (Wildman–Crippen MR) is 100 cm³/mol. The van der Waals surface area contributed by atoms with Gasteiger partial charge in [-0.2, -0.15) is 0 Å². The van der Waals surface area contributed by atoms with Crippen molar-refractivity contribution in [1.82, 2.24) is 9.97 Å². The number of aryl methyl sites for hydroxylation is 1. The Morgan fingerprint density at radius 2 is 1.88 bits per heavy atom. The Bertz CT molecular complexity index is 909. The van der Waals surface area contributed by atoms with E-state index in [-0.39, 0.29) is 5.97 Å². The highest BCUT2D eigenvalue weighted by Crippen LogP contribution is 2.33. The standard InChI is InChI=1S/C18H19N3O4S/c1-11-14-16(20-10-21-17(14)26-15(11)18(22)24-3)19-8-9-25-13-6-4-12(23-2)5-7-13/h4-7,10H,8-9H2,1-3H3,(H,19,20,21). The van der Waals surface area contributed by atoms with E-state index in [9.17, 15) is 4.79 Å². The number of methoxy groups -OCH3 is 2. The Morgan fingerprint density at radius 3 is 2.58 bits per heavy atom. The van der Waals surface area contributed by atoms with Crippen molar-refractivity contribution in [2.24, 2.45) is 0 Å². The molecule has 0 unspecified atom stereocenters. The van der Waals surface area contributed by atoms with Gasteiger partial charge in [-0.15, -0.1) is 11.3 Å². The molecule has 0 amide bonds. The van der Waals surface area contributed by atoms with Crippen LogP contribution in [0, 0.1) is 6.92 Å². The third-order valence-corrected chi connectivity index (χ3v) is 5.00. The highest BCUT2D eigenvalue weighted by atomic mass is 32.1. The zero-order chi connectivity index (χ0) is 18.5. The molecule has 0 fully saturated rings. The first-order chi connectivity index (χ1) is 12.6. The van der Waals surface area contributed by atoms with Gasteiger partial charge in [-0.1, -0.05) is 0 Å². The fourth-order valence-electron chi connectivity index (χ4n) is 2.50. The third-order valence-electron chi connectivity index (χ3n) is 3.82. The first-order valence-corrected chi connectivity index (χ1v) is 8.78. The van der Waals surface area contributed by atoms with E-state index in [0.29, 0.717) is 23.8 Å². The van der Waals surface area contributed by atoms with Gasteiger partial charge in [-0.05, 0) is 36.8 Å². The van der Waals surface area contributed by atoms with E-state index in [1.165, 1.54) is 24.8 Å². The van der Waals surface area contributed by atoms with Gasteiger partial charge in [-0.25, -0.2) is 14.8 Å². The minimum absolute atomic E-state index is 0.362. The third kappa shape index (κ3) is 3.70. The quantitative estimate of drug-likeness (QED) is 0.503. The maximum absolute atomic E-state index is 11.9. The van der Waals surface area contributed by atoms with Gasteiger partial charge in [0.05, 0.1) is 26.2 Å². The van der Waals surface area contributed by atoms with E-state index in [1.807, 2.05) is 31.2 Å². The molecule has 0 bridgehead atoms. The number of nitrogens with zero attached hydrogens (tertiary/aromatic N) is 2. The number of anilines is 1. The number of rotatable bonds is 7. The Morgan fingerprint density at radius 1 is 1.15 bits per heavy atom. The Hall–Kier alpha value is -2.87. The van der Waals surface area contributed by atoms with E-state index in [4.69, 9.17) is 14.2 Å². The average Bonchev–Trinajstić information content (AvgIpc) is 3.02. The number of ether oxygens (including phenoxy) is 3. The number of benzene rings is 1. The van der Waals surface area contributed by atoms with Gasteiger partial charge < -0.3 is 19.5 Å². The van der Waals surface area contributed by atoms with Crippen LogP contribution in [0.3, 0.4) is 0 Å². The summed E-state index contributed by atoms with van der Waals surface area (Å²) in [6.07, 6.45) is 1.48. The summed E-state index contributed by atoms with van der Waals surface area (Å²) in [5.41, 5.74) is 0.816.